The molecule has 0 aliphatic carbocycles. The monoisotopic (exact) mass is 170 g/mol. The van der Waals surface area contributed by atoms with Crippen LogP contribution in [0.25, 0.3) is 0 Å². The fourth-order valence-corrected chi connectivity index (χ4v) is 1.05. The Labute approximate surface area is 74.3 Å². The van der Waals surface area contributed by atoms with Gasteiger partial charge < -0.3 is 5.11 Å². The van der Waals surface area contributed by atoms with Gasteiger partial charge in [0.15, 0.2) is 0 Å². The molecule has 0 saturated heterocycles. The summed E-state index contributed by atoms with van der Waals surface area (Å²) in [7, 11) is 0. The molecule has 0 spiro atoms. The van der Waals surface area contributed by atoms with Crippen LogP contribution < -0.4 is 0 Å². The summed E-state index contributed by atoms with van der Waals surface area (Å²) < 4.78 is 0. The molecular weight excluding hydrogens is 152 g/mol. The van der Waals surface area contributed by atoms with Crippen molar-refractivity contribution < 1.29 is 9.90 Å². The summed E-state index contributed by atoms with van der Waals surface area (Å²) in [5.41, 5.74) is 0. The van der Waals surface area contributed by atoms with Crippen molar-refractivity contribution in [1.82, 2.24) is 0 Å². The Bertz CT molecular complexity index is 130. The third-order valence-electron chi connectivity index (χ3n) is 1.77. The molecule has 0 radical (unpaired) electrons. The first kappa shape index (κ1) is 11.4. The maximum Gasteiger partial charge on any atom is 0.142 e. The number of rotatable bonds is 7. The molecule has 12 heavy (non-hydrogen) atoms. The first-order chi connectivity index (χ1) is 5.81. The number of aldehydes is 1. The SMILES string of the molecule is CCCCCCC(O)/C=C/C=O. The summed E-state index contributed by atoms with van der Waals surface area (Å²) in [5.74, 6) is 0. The van der Waals surface area contributed by atoms with E-state index >= 15 is 0 Å². The van der Waals surface area contributed by atoms with E-state index in [0.717, 1.165) is 12.8 Å². The molecule has 0 rings (SSSR count). The predicted molar refractivity (Wildman–Crippen MR) is 50.0 cm³/mol. The number of aliphatic hydroxyl groups excluding tert-OH is 1. The van der Waals surface area contributed by atoms with Crippen molar-refractivity contribution in [3.05, 3.63) is 12.2 Å². The molecule has 0 aliphatic heterocycles. The Hall–Kier alpha value is -0.630. The zero-order valence-electron chi connectivity index (χ0n) is 7.70. The Balaban J connectivity index is 3.24. The van der Waals surface area contributed by atoms with Crippen LogP contribution in [0.5, 0.6) is 0 Å². The molecule has 0 bridgehead atoms. The molecule has 1 N–H and O–H groups in total. The van der Waals surface area contributed by atoms with E-state index in [1.807, 2.05) is 0 Å². The number of unbranched alkanes of at least 4 members (excludes halogenated alkanes) is 3. The Morgan fingerprint density at radius 3 is 2.67 bits per heavy atom. The molecule has 0 aliphatic rings. The summed E-state index contributed by atoms with van der Waals surface area (Å²) in [6, 6.07) is 0. The van der Waals surface area contributed by atoms with Crippen molar-refractivity contribution in [2.75, 3.05) is 0 Å². The molecule has 0 heterocycles. The van der Waals surface area contributed by atoms with Gasteiger partial charge in [0.05, 0.1) is 6.10 Å². The lowest BCUT2D eigenvalue weighted by atomic mass is 10.1. The van der Waals surface area contributed by atoms with Crippen LogP contribution in [0, 0.1) is 0 Å². The molecule has 0 aromatic rings. The average Bonchev–Trinajstić information content (AvgIpc) is 2.09. The summed E-state index contributed by atoms with van der Waals surface area (Å²) >= 11 is 0. The minimum absolute atomic E-state index is 0.438. The van der Waals surface area contributed by atoms with Gasteiger partial charge in [-0.15, -0.1) is 0 Å². The minimum atomic E-state index is -0.438. The highest BCUT2D eigenvalue weighted by molar-refractivity contribution is 5.64. The summed E-state index contributed by atoms with van der Waals surface area (Å²) in [6.45, 7) is 2.16. The lowest BCUT2D eigenvalue weighted by molar-refractivity contribution is -0.104. The molecule has 1 unspecified atom stereocenters. The molecule has 1 atom stereocenters. The van der Waals surface area contributed by atoms with Crippen LogP contribution in [-0.4, -0.2) is 17.5 Å². The number of hydrogen-bond acceptors (Lipinski definition) is 2. The fraction of sp³-hybridized carbons (Fsp3) is 0.700. The molecule has 2 heteroatoms. The van der Waals surface area contributed by atoms with Gasteiger partial charge in [-0.25, -0.2) is 0 Å². The summed E-state index contributed by atoms with van der Waals surface area (Å²) in [5, 5.41) is 9.23. The van der Waals surface area contributed by atoms with Crippen LogP contribution in [0.1, 0.15) is 39.0 Å². The number of allylic oxidation sites excluding steroid dienone is 1. The molecular formula is C10H18O2. The fourth-order valence-electron chi connectivity index (χ4n) is 1.05. The van der Waals surface area contributed by atoms with E-state index in [1.54, 1.807) is 6.08 Å². The zero-order chi connectivity index (χ0) is 9.23. The highest BCUT2D eigenvalue weighted by Gasteiger charge is 1.97. The van der Waals surface area contributed by atoms with Crippen LogP contribution in [0.4, 0.5) is 0 Å². The largest absolute Gasteiger partial charge is 0.389 e. The van der Waals surface area contributed by atoms with Gasteiger partial charge in [0.25, 0.3) is 0 Å². The van der Waals surface area contributed by atoms with E-state index in [2.05, 4.69) is 6.92 Å². The maximum absolute atomic E-state index is 9.89. The van der Waals surface area contributed by atoms with Crippen LogP contribution in [0.2, 0.25) is 0 Å². The Morgan fingerprint density at radius 1 is 1.33 bits per heavy atom. The molecule has 0 aromatic carbocycles. The van der Waals surface area contributed by atoms with E-state index in [0.29, 0.717) is 6.29 Å². The maximum atomic E-state index is 9.89. The van der Waals surface area contributed by atoms with Crippen molar-refractivity contribution >= 4 is 6.29 Å². The first-order valence-corrected chi connectivity index (χ1v) is 4.61. The second kappa shape index (κ2) is 8.47. The van der Waals surface area contributed by atoms with Gasteiger partial charge in [-0.2, -0.15) is 0 Å². The van der Waals surface area contributed by atoms with E-state index in [-0.39, 0.29) is 0 Å². The van der Waals surface area contributed by atoms with Gasteiger partial charge in [-0.1, -0.05) is 38.7 Å². The number of carbonyl (C=O) groups excluding carboxylic acids is 1. The van der Waals surface area contributed by atoms with Crippen LogP contribution in [-0.2, 0) is 4.79 Å². The normalized spacial score (nSPS) is 13.5. The first-order valence-electron chi connectivity index (χ1n) is 4.61. The standard InChI is InChI=1S/C10H18O2/c1-2-3-4-5-7-10(12)8-6-9-11/h6,8-10,12H,2-5,7H2,1H3/b8-6+. The van der Waals surface area contributed by atoms with Gasteiger partial charge >= 0.3 is 0 Å². The van der Waals surface area contributed by atoms with E-state index in [1.165, 1.54) is 25.3 Å². The second-order valence-corrected chi connectivity index (χ2v) is 2.94. The van der Waals surface area contributed by atoms with Crippen LogP contribution in [0.15, 0.2) is 12.2 Å². The summed E-state index contributed by atoms with van der Waals surface area (Å²) in [4.78, 5) is 9.89. The van der Waals surface area contributed by atoms with Gasteiger partial charge in [-0.3, -0.25) is 4.79 Å². The lowest BCUT2D eigenvalue weighted by Crippen LogP contribution is -2.01. The quantitative estimate of drug-likeness (QED) is 0.361. The van der Waals surface area contributed by atoms with Gasteiger partial charge in [0.2, 0.25) is 0 Å². The van der Waals surface area contributed by atoms with E-state index < -0.39 is 6.10 Å². The highest BCUT2D eigenvalue weighted by atomic mass is 16.3. The summed E-state index contributed by atoms with van der Waals surface area (Å²) in [6.07, 6.45) is 8.56. The molecule has 0 aromatic heterocycles. The van der Waals surface area contributed by atoms with E-state index in [4.69, 9.17) is 0 Å². The predicted octanol–water partition coefficient (Wildman–Crippen LogP) is 2.07. The van der Waals surface area contributed by atoms with Gasteiger partial charge in [-0.05, 0) is 12.5 Å². The van der Waals surface area contributed by atoms with E-state index in [9.17, 15) is 9.90 Å². The number of carbonyl (C=O) groups is 1. The van der Waals surface area contributed by atoms with Crippen LogP contribution in [0.3, 0.4) is 0 Å². The van der Waals surface area contributed by atoms with Crippen molar-refractivity contribution in [2.24, 2.45) is 0 Å². The van der Waals surface area contributed by atoms with Crippen molar-refractivity contribution in [1.29, 1.82) is 0 Å². The minimum Gasteiger partial charge on any atom is -0.389 e. The Kier molecular flexibility index (Phi) is 8.02. The second-order valence-electron chi connectivity index (χ2n) is 2.94. The van der Waals surface area contributed by atoms with Crippen LogP contribution >= 0.6 is 0 Å². The number of hydrogen-bond donors (Lipinski definition) is 1. The highest BCUT2D eigenvalue weighted by Crippen LogP contribution is 2.05. The third kappa shape index (κ3) is 7.48. The molecule has 0 fully saturated rings. The molecule has 70 valence electrons. The van der Waals surface area contributed by atoms with Crippen molar-refractivity contribution in [3.63, 3.8) is 0 Å². The smallest absolute Gasteiger partial charge is 0.142 e. The van der Waals surface area contributed by atoms with Crippen molar-refractivity contribution in [3.8, 4) is 0 Å². The third-order valence-corrected chi connectivity index (χ3v) is 1.77. The van der Waals surface area contributed by atoms with Crippen molar-refractivity contribution in [2.45, 2.75) is 45.1 Å². The number of aliphatic hydroxyl groups is 1. The zero-order valence-corrected chi connectivity index (χ0v) is 7.70. The molecule has 2 nitrogen and oxygen atoms in total. The lowest BCUT2D eigenvalue weighted by Gasteiger charge is -2.03. The van der Waals surface area contributed by atoms with Gasteiger partial charge in [0, 0.05) is 0 Å². The average molecular weight is 170 g/mol. The molecule has 0 saturated carbocycles. The van der Waals surface area contributed by atoms with Gasteiger partial charge in [0.1, 0.15) is 6.29 Å². The molecule has 0 amide bonds. The topological polar surface area (TPSA) is 37.3 Å². The Morgan fingerprint density at radius 2 is 2.08 bits per heavy atom.